The van der Waals surface area contributed by atoms with Gasteiger partial charge in [0.05, 0.1) is 0 Å². The number of rotatable bonds is 2. The van der Waals surface area contributed by atoms with E-state index < -0.39 is 0 Å². The summed E-state index contributed by atoms with van der Waals surface area (Å²) in [7, 11) is 0. The van der Waals surface area contributed by atoms with Crippen LogP contribution < -0.4 is 5.73 Å². The highest BCUT2D eigenvalue weighted by Crippen LogP contribution is 2.68. The van der Waals surface area contributed by atoms with Crippen molar-refractivity contribution in [1.29, 1.82) is 0 Å². The summed E-state index contributed by atoms with van der Waals surface area (Å²) in [6, 6.07) is 0. The third kappa shape index (κ3) is 1.43. The summed E-state index contributed by atoms with van der Waals surface area (Å²) in [5.41, 5.74) is 7.44. The van der Waals surface area contributed by atoms with Crippen LogP contribution in [0.25, 0.3) is 0 Å². The van der Waals surface area contributed by atoms with Gasteiger partial charge in [-0.2, -0.15) is 0 Å². The fourth-order valence-electron chi connectivity index (χ4n) is 6.53. The second kappa shape index (κ2) is 3.85. The summed E-state index contributed by atoms with van der Waals surface area (Å²) in [5.74, 6) is 3.18. The molecule has 1 unspecified atom stereocenters. The average molecular weight is 245 g/mol. The van der Waals surface area contributed by atoms with Crippen LogP contribution in [0.4, 0.5) is 0 Å². The first-order chi connectivity index (χ1) is 8.75. The molecule has 4 saturated carbocycles. The Morgan fingerprint density at radius 1 is 0.944 bits per heavy atom. The van der Waals surface area contributed by atoms with Crippen molar-refractivity contribution in [2.45, 2.75) is 57.8 Å². The topological polar surface area (TPSA) is 26.0 Å². The van der Waals surface area contributed by atoms with Crippen LogP contribution in [0, 0.1) is 28.6 Å². The largest absolute Gasteiger partial charge is 0.330 e. The summed E-state index contributed by atoms with van der Waals surface area (Å²) in [6.45, 7) is 0.934. The smallest absolute Gasteiger partial charge is 0.00121 e. The van der Waals surface area contributed by atoms with E-state index in [-0.39, 0.29) is 0 Å². The quantitative estimate of drug-likeness (QED) is 0.734. The molecule has 100 valence electrons. The van der Waals surface area contributed by atoms with Crippen LogP contribution in [0.2, 0.25) is 0 Å². The van der Waals surface area contributed by atoms with E-state index in [1.807, 2.05) is 0 Å². The monoisotopic (exact) mass is 245 g/mol. The zero-order valence-electron chi connectivity index (χ0n) is 11.5. The van der Waals surface area contributed by atoms with E-state index in [4.69, 9.17) is 5.73 Å². The van der Waals surface area contributed by atoms with E-state index >= 15 is 0 Å². The second-order valence-electron chi connectivity index (χ2n) is 7.90. The molecule has 0 saturated heterocycles. The number of allylic oxidation sites excluding steroid dienone is 2. The Kier molecular flexibility index (Phi) is 2.46. The second-order valence-corrected chi connectivity index (χ2v) is 7.90. The molecule has 2 N–H and O–H groups in total. The van der Waals surface area contributed by atoms with E-state index in [1.54, 1.807) is 19.3 Å². The molecule has 1 heteroatoms. The fourth-order valence-corrected chi connectivity index (χ4v) is 6.53. The van der Waals surface area contributed by atoms with Crippen molar-refractivity contribution in [2.24, 2.45) is 34.3 Å². The van der Waals surface area contributed by atoms with Gasteiger partial charge in [-0.05, 0) is 92.9 Å². The lowest BCUT2D eigenvalue weighted by Gasteiger charge is -2.64. The molecular formula is C17H27N. The highest BCUT2D eigenvalue weighted by atomic mass is 14.7. The summed E-state index contributed by atoms with van der Waals surface area (Å²) in [4.78, 5) is 0. The van der Waals surface area contributed by atoms with Crippen molar-refractivity contribution in [3.63, 3.8) is 0 Å². The minimum absolute atomic E-state index is 0.470. The van der Waals surface area contributed by atoms with Crippen molar-refractivity contribution in [2.75, 3.05) is 6.54 Å². The molecule has 0 heterocycles. The van der Waals surface area contributed by atoms with Crippen molar-refractivity contribution >= 4 is 0 Å². The van der Waals surface area contributed by atoms with Crippen molar-refractivity contribution in [3.05, 3.63) is 12.2 Å². The van der Waals surface area contributed by atoms with Gasteiger partial charge in [-0.1, -0.05) is 12.2 Å². The van der Waals surface area contributed by atoms with Gasteiger partial charge in [0.15, 0.2) is 0 Å². The van der Waals surface area contributed by atoms with Gasteiger partial charge in [0.2, 0.25) is 0 Å². The highest BCUT2D eigenvalue weighted by Gasteiger charge is 2.59. The van der Waals surface area contributed by atoms with E-state index in [1.165, 1.54) is 38.5 Å². The maximum atomic E-state index is 6.33. The van der Waals surface area contributed by atoms with Crippen LogP contribution in [-0.4, -0.2) is 6.54 Å². The molecule has 0 aromatic carbocycles. The molecule has 4 fully saturated rings. The van der Waals surface area contributed by atoms with Crippen LogP contribution in [0.1, 0.15) is 57.8 Å². The molecule has 5 aliphatic rings. The van der Waals surface area contributed by atoms with Crippen molar-refractivity contribution in [3.8, 4) is 0 Å². The lowest BCUT2D eigenvalue weighted by atomic mass is 9.41. The Balaban J connectivity index is 1.71. The number of hydrogen-bond donors (Lipinski definition) is 1. The van der Waals surface area contributed by atoms with Crippen LogP contribution >= 0.6 is 0 Å². The van der Waals surface area contributed by atoms with Gasteiger partial charge in [0.25, 0.3) is 0 Å². The van der Waals surface area contributed by atoms with E-state index in [9.17, 15) is 0 Å². The van der Waals surface area contributed by atoms with E-state index in [0.29, 0.717) is 10.8 Å². The maximum absolute atomic E-state index is 6.33. The molecule has 1 nitrogen and oxygen atoms in total. The third-order valence-electron chi connectivity index (χ3n) is 7.02. The molecule has 18 heavy (non-hydrogen) atoms. The SMILES string of the molecule is NCC1(C23CC4CC(CC(C4)C2)C3)CC=CCC1. The van der Waals surface area contributed by atoms with Gasteiger partial charge in [0.1, 0.15) is 0 Å². The van der Waals surface area contributed by atoms with Gasteiger partial charge >= 0.3 is 0 Å². The lowest BCUT2D eigenvalue weighted by Crippen LogP contribution is -2.57. The highest BCUT2D eigenvalue weighted by molar-refractivity contribution is 5.13. The Bertz CT molecular complexity index is 335. The van der Waals surface area contributed by atoms with Gasteiger partial charge in [-0.15, -0.1) is 0 Å². The molecule has 0 aliphatic heterocycles. The van der Waals surface area contributed by atoms with Crippen molar-refractivity contribution < 1.29 is 0 Å². The Morgan fingerprint density at radius 3 is 2.00 bits per heavy atom. The summed E-state index contributed by atoms with van der Waals surface area (Å²) < 4.78 is 0. The van der Waals surface area contributed by atoms with Gasteiger partial charge in [0, 0.05) is 0 Å². The van der Waals surface area contributed by atoms with E-state index in [0.717, 1.165) is 24.3 Å². The van der Waals surface area contributed by atoms with Gasteiger partial charge < -0.3 is 5.73 Å². The molecule has 5 rings (SSSR count). The van der Waals surface area contributed by atoms with Gasteiger partial charge in [-0.3, -0.25) is 0 Å². The predicted molar refractivity (Wildman–Crippen MR) is 75.1 cm³/mol. The Labute approximate surface area is 111 Å². The molecule has 1 atom stereocenters. The Morgan fingerprint density at radius 2 is 1.56 bits per heavy atom. The van der Waals surface area contributed by atoms with Crippen LogP contribution in [0.5, 0.6) is 0 Å². The molecule has 0 amide bonds. The van der Waals surface area contributed by atoms with Crippen LogP contribution in [-0.2, 0) is 0 Å². The molecule has 0 aromatic rings. The molecule has 0 spiro atoms. The van der Waals surface area contributed by atoms with Gasteiger partial charge in [-0.25, -0.2) is 0 Å². The zero-order chi connectivity index (χ0) is 12.2. The number of hydrogen-bond acceptors (Lipinski definition) is 1. The first-order valence-electron chi connectivity index (χ1n) is 8.10. The minimum atomic E-state index is 0.470. The summed E-state index contributed by atoms with van der Waals surface area (Å²) in [5, 5.41) is 0. The first-order valence-corrected chi connectivity index (χ1v) is 8.10. The summed E-state index contributed by atoms with van der Waals surface area (Å²) >= 11 is 0. The molecule has 5 aliphatic carbocycles. The molecule has 0 radical (unpaired) electrons. The van der Waals surface area contributed by atoms with Crippen molar-refractivity contribution in [1.82, 2.24) is 0 Å². The molecule has 4 bridgehead atoms. The predicted octanol–water partition coefficient (Wildman–Crippen LogP) is 3.89. The fraction of sp³-hybridized carbons (Fsp3) is 0.882. The average Bonchev–Trinajstić information content (AvgIpc) is 2.38. The lowest BCUT2D eigenvalue weighted by molar-refractivity contribution is -0.132. The molecular weight excluding hydrogens is 218 g/mol. The van der Waals surface area contributed by atoms with Crippen LogP contribution in [0.3, 0.4) is 0 Å². The molecule has 0 aromatic heterocycles. The zero-order valence-corrected chi connectivity index (χ0v) is 11.5. The number of nitrogens with two attached hydrogens (primary N) is 1. The Hall–Kier alpha value is -0.300. The first kappa shape index (κ1) is 11.5. The van der Waals surface area contributed by atoms with E-state index in [2.05, 4.69) is 12.2 Å². The normalized spacial score (nSPS) is 53.9. The summed E-state index contributed by atoms with van der Waals surface area (Å²) in [6.07, 6.45) is 17.9. The maximum Gasteiger partial charge on any atom is -0.00121 e. The van der Waals surface area contributed by atoms with Crippen LogP contribution in [0.15, 0.2) is 12.2 Å². The third-order valence-corrected chi connectivity index (χ3v) is 7.02. The standard InChI is InChI=1S/C17H27N/c18-12-16(4-2-1-3-5-16)17-9-13-6-14(10-17)8-15(7-13)11-17/h1-2,13-15H,3-12,18H2. The minimum Gasteiger partial charge on any atom is -0.330 e.